The summed E-state index contributed by atoms with van der Waals surface area (Å²) < 4.78 is 0. The number of hydrogen-bond acceptors (Lipinski definition) is 4. The summed E-state index contributed by atoms with van der Waals surface area (Å²) in [6.07, 6.45) is 5.21. The van der Waals surface area contributed by atoms with Gasteiger partial charge >= 0.3 is 0 Å². The molecule has 17 heavy (non-hydrogen) atoms. The minimum Gasteiger partial charge on any atom is -0.366 e. The average Bonchev–Trinajstić information content (AvgIpc) is 2.16. The summed E-state index contributed by atoms with van der Waals surface area (Å²) in [5.74, 6) is -3.10. The molecule has 0 saturated carbocycles. The molecule has 0 radical (unpaired) electrons. The molecule has 104 valence electrons. The van der Waals surface area contributed by atoms with Crippen molar-refractivity contribution >= 4 is 0 Å². The molecule has 0 aliphatic heterocycles. The predicted molar refractivity (Wildman–Crippen MR) is 67.2 cm³/mol. The largest absolute Gasteiger partial charge is 0.366 e. The van der Waals surface area contributed by atoms with E-state index in [0.717, 1.165) is 19.3 Å². The lowest BCUT2D eigenvalue weighted by Gasteiger charge is -2.22. The van der Waals surface area contributed by atoms with Crippen LogP contribution in [0.25, 0.3) is 0 Å². The molecule has 4 heteroatoms. The molecule has 0 saturated heterocycles. The lowest BCUT2D eigenvalue weighted by atomic mass is 9.99. The summed E-state index contributed by atoms with van der Waals surface area (Å²) in [6.45, 7) is 3.83. The molecule has 4 N–H and O–H groups in total. The monoisotopic (exact) mass is 248 g/mol. The van der Waals surface area contributed by atoms with Gasteiger partial charge in [0.1, 0.15) is 0 Å². The second-order valence-electron chi connectivity index (χ2n) is 5.03. The van der Waals surface area contributed by atoms with Gasteiger partial charge in [-0.3, -0.25) is 0 Å². The van der Waals surface area contributed by atoms with E-state index in [1.807, 2.05) is 13.8 Å². The van der Waals surface area contributed by atoms with Gasteiger partial charge in [-0.2, -0.15) is 0 Å². The van der Waals surface area contributed by atoms with Crippen molar-refractivity contribution in [3.8, 4) is 0 Å². The standard InChI is InChI=1S/C13H28O4/c1-3-8-12(14,15)10-6-5-7-11-13(16,17)9-4-2/h14-17H,3-11H2,1-2H3. The molecule has 0 aromatic carbocycles. The summed E-state index contributed by atoms with van der Waals surface area (Å²) in [4.78, 5) is 0. The molecule has 0 bridgehead atoms. The van der Waals surface area contributed by atoms with Crippen LogP contribution in [0.3, 0.4) is 0 Å². The Kier molecular flexibility index (Phi) is 7.96. The quantitative estimate of drug-likeness (QED) is 0.351. The van der Waals surface area contributed by atoms with Gasteiger partial charge in [0.2, 0.25) is 0 Å². The van der Waals surface area contributed by atoms with Gasteiger partial charge in [-0.05, 0) is 12.8 Å². The van der Waals surface area contributed by atoms with Crippen LogP contribution >= 0.6 is 0 Å². The molecule has 0 unspecified atom stereocenters. The molecule has 0 aliphatic rings. The molecule has 4 nitrogen and oxygen atoms in total. The van der Waals surface area contributed by atoms with Crippen molar-refractivity contribution in [2.24, 2.45) is 0 Å². The molecular formula is C13H28O4. The van der Waals surface area contributed by atoms with Crippen LogP contribution in [-0.4, -0.2) is 32.0 Å². The third-order valence-electron chi connectivity index (χ3n) is 2.96. The third kappa shape index (κ3) is 9.53. The van der Waals surface area contributed by atoms with E-state index in [-0.39, 0.29) is 0 Å². The lowest BCUT2D eigenvalue weighted by Crippen LogP contribution is -2.28. The SMILES string of the molecule is CCCC(O)(O)CCCCCC(O)(O)CCC. The molecule has 0 amide bonds. The first-order chi connectivity index (χ1) is 7.83. The van der Waals surface area contributed by atoms with Crippen molar-refractivity contribution in [2.75, 3.05) is 0 Å². The van der Waals surface area contributed by atoms with Crippen LogP contribution in [0.4, 0.5) is 0 Å². The molecule has 0 rings (SSSR count). The minimum atomic E-state index is -1.55. The summed E-state index contributed by atoms with van der Waals surface area (Å²) >= 11 is 0. The number of hydrogen-bond donors (Lipinski definition) is 4. The van der Waals surface area contributed by atoms with Crippen LogP contribution in [-0.2, 0) is 0 Å². The van der Waals surface area contributed by atoms with E-state index < -0.39 is 11.6 Å². The van der Waals surface area contributed by atoms with E-state index in [2.05, 4.69) is 0 Å². The van der Waals surface area contributed by atoms with Crippen molar-refractivity contribution in [2.45, 2.75) is 83.2 Å². The van der Waals surface area contributed by atoms with Gasteiger partial charge in [0.15, 0.2) is 11.6 Å². The van der Waals surface area contributed by atoms with Crippen molar-refractivity contribution in [1.29, 1.82) is 0 Å². The first-order valence-electron chi connectivity index (χ1n) is 6.72. The zero-order valence-electron chi connectivity index (χ0n) is 11.2. The molecule has 0 atom stereocenters. The van der Waals surface area contributed by atoms with E-state index in [1.165, 1.54) is 0 Å². The number of aliphatic hydroxyl groups is 4. The molecule has 0 aromatic heterocycles. The zero-order valence-corrected chi connectivity index (χ0v) is 11.2. The summed E-state index contributed by atoms with van der Waals surface area (Å²) in [5, 5.41) is 38.1. The van der Waals surface area contributed by atoms with E-state index >= 15 is 0 Å². The zero-order chi connectivity index (χ0) is 13.4. The maximum absolute atomic E-state index is 9.51. The van der Waals surface area contributed by atoms with E-state index in [1.54, 1.807) is 0 Å². The van der Waals surface area contributed by atoms with Gasteiger partial charge in [0.05, 0.1) is 0 Å². The van der Waals surface area contributed by atoms with Crippen LogP contribution in [0, 0.1) is 0 Å². The molecular weight excluding hydrogens is 220 g/mol. The Morgan fingerprint density at radius 3 is 1.24 bits per heavy atom. The fourth-order valence-electron chi connectivity index (χ4n) is 2.04. The van der Waals surface area contributed by atoms with E-state index in [9.17, 15) is 20.4 Å². The molecule has 0 aliphatic carbocycles. The highest BCUT2D eigenvalue weighted by molar-refractivity contribution is 4.66. The Bertz CT molecular complexity index is 170. The lowest BCUT2D eigenvalue weighted by molar-refractivity contribution is -0.174. The Morgan fingerprint density at radius 2 is 0.941 bits per heavy atom. The summed E-state index contributed by atoms with van der Waals surface area (Å²) in [7, 11) is 0. The van der Waals surface area contributed by atoms with Crippen LogP contribution in [0.15, 0.2) is 0 Å². The highest BCUT2D eigenvalue weighted by Gasteiger charge is 2.22. The van der Waals surface area contributed by atoms with Crippen LogP contribution in [0.1, 0.15) is 71.6 Å². The average molecular weight is 248 g/mol. The fourth-order valence-corrected chi connectivity index (χ4v) is 2.04. The van der Waals surface area contributed by atoms with Crippen LogP contribution in [0.5, 0.6) is 0 Å². The first kappa shape index (κ1) is 16.8. The molecule has 0 aromatic rings. The molecule has 0 fully saturated rings. The maximum Gasteiger partial charge on any atom is 0.162 e. The first-order valence-corrected chi connectivity index (χ1v) is 6.72. The van der Waals surface area contributed by atoms with Gasteiger partial charge < -0.3 is 20.4 Å². The maximum atomic E-state index is 9.51. The smallest absolute Gasteiger partial charge is 0.162 e. The summed E-state index contributed by atoms with van der Waals surface area (Å²) in [5.41, 5.74) is 0. The predicted octanol–water partition coefficient (Wildman–Crippen LogP) is 1.90. The van der Waals surface area contributed by atoms with Crippen LogP contribution < -0.4 is 0 Å². The highest BCUT2D eigenvalue weighted by Crippen LogP contribution is 2.21. The minimum absolute atomic E-state index is 0.360. The van der Waals surface area contributed by atoms with Gasteiger partial charge in [0, 0.05) is 25.7 Å². The number of unbranched alkanes of at least 4 members (excludes halogenated alkanes) is 2. The van der Waals surface area contributed by atoms with Crippen molar-refractivity contribution < 1.29 is 20.4 Å². The normalized spacial score (nSPS) is 13.1. The van der Waals surface area contributed by atoms with E-state index in [0.29, 0.717) is 38.5 Å². The van der Waals surface area contributed by atoms with Crippen molar-refractivity contribution in [3.05, 3.63) is 0 Å². The third-order valence-corrected chi connectivity index (χ3v) is 2.96. The Labute approximate surface area is 104 Å². The second kappa shape index (κ2) is 8.03. The van der Waals surface area contributed by atoms with Gasteiger partial charge in [-0.25, -0.2) is 0 Å². The van der Waals surface area contributed by atoms with Crippen LogP contribution in [0.2, 0.25) is 0 Å². The van der Waals surface area contributed by atoms with Crippen molar-refractivity contribution in [3.63, 3.8) is 0 Å². The second-order valence-corrected chi connectivity index (χ2v) is 5.03. The summed E-state index contributed by atoms with van der Waals surface area (Å²) in [6, 6.07) is 0. The molecule has 0 spiro atoms. The Balaban J connectivity index is 3.58. The van der Waals surface area contributed by atoms with Gasteiger partial charge in [-0.15, -0.1) is 0 Å². The number of rotatable bonds is 10. The van der Waals surface area contributed by atoms with Crippen molar-refractivity contribution in [1.82, 2.24) is 0 Å². The topological polar surface area (TPSA) is 80.9 Å². The highest BCUT2D eigenvalue weighted by atomic mass is 16.5. The van der Waals surface area contributed by atoms with E-state index in [4.69, 9.17) is 0 Å². The fraction of sp³-hybridized carbons (Fsp3) is 1.00. The molecule has 0 heterocycles. The Hall–Kier alpha value is -0.160. The van der Waals surface area contributed by atoms with Gasteiger partial charge in [-0.1, -0.05) is 33.1 Å². The van der Waals surface area contributed by atoms with Gasteiger partial charge in [0.25, 0.3) is 0 Å². The Morgan fingerprint density at radius 1 is 0.588 bits per heavy atom.